The Kier molecular flexibility index (Phi) is 4.15. The van der Waals surface area contributed by atoms with Gasteiger partial charge in [-0.2, -0.15) is 0 Å². The highest BCUT2D eigenvalue weighted by Crippen LogP contribution is 2.18. The van der Waals surface area contributed by atoms with E-state index in [9.17, 15) is 9.90 Å². The Balaban J connectivity index is 1.88. The summed E-state index contributed by atoms with van der Waals surface area (Å²) < 4.78 is 0. The number of rotatable bonds is 2. The number of carbonyl (C=O) groups excluding carboxylic acids is 1. The fourth-order valence-electron chi connectivity index (χ4n) is 2.24. The number of carbonyl (C=O) groups is 1. The molecule has 0 radical (unpaired) electrons. The molecule has 1 saturated carbocycles. The summed E-state index contributed by atoms with van der Waals surface area (Å²) in [5.41, 5.74) is 1.57. The molecule has 3 N–H and O–H groups in total. The zero-order valence-corrected chi connectivity index (χ0v) is 10.5. The third-order valence-electron chi connectivity index (χ3n) is 3.20. The quantitative estimate of drug-likeness (QED) is 0.748. The van der Waals surface area contributed by atoms with Crippen LogP contribution in [0.1, 0.15) is 31.4 Å². The standard InChI is InChI=1S/C13H19N3O2/c1-9-8-10(6-7-14-9)15-13(18)16-11-4-2-3-5-12(11)17/h6-8,11-12,17H,2-5H2,1H3,(H2,14,15,16,18). The monoisotopic (exact) mass is 249 g/mol. The molecule has 0 saturated heterocycles. The molecule has 98 valence electrons. The summed E-state index contributed by atoms with van der Waals surface area (Å²) in [4.78, 5) is 15.8. The maximum Gasteiger partial charge on any atom is 0.319 e. The number of nitrogens with one attached hydrogen (secondary N) is 2. The van der Waals surface area contributed by atoms with Crippen LogP contribution < -0.4 is 10.6 Å². The number of nitrogens with zero attached hydrogens (tertiary/aromatic N) is 1. The molecule has 1 aromatic rings. The van der Waals surface area contributed by atoms with Crippen molar-refractivity contribution in [2.24, 2.45) is 0 Å². The minimum absolute atomic E-state index is 0.137. The van der Waals surface area contributed by atoms with Gasteiger partial charge >= 0.3 is 6.03 Å². The van der Waals surface area contributed by atoms with Crippen molar-refractivity contribution < 1.29 is 9.90 Å². The van der Waals surface area contributed by atoms with E-state index < -0.39 is 6.10 Å². The van der Waals surface area contributed by atoms with Gasteiger partial charge in [0.05, 0.1) is 12.1 Å². The Hall–Kier alpha value is -1.62. The summed E-state index contributed by atoms with van der Waals surface area (Å²) in [6.45, 7) is 1.87. The molecule has 2 unspecified atom stereocenters. The van der Waals surface area contributed by atoms with Crippen molar-refractivity contribution in [3.8, 4) is 0 Å². The van der Waals surface area contributed by atoms with Crippen LogP contribution in [-0.2, 0) is 0 Å². The fourth-order valence-corrected chi connectivity index (χ4v) is 2.24. The van der Waals surface area contributed by atoms with Crippen LogP contribution >= 0.6 is 0 Å². The summed E-state index contributed by atoms with van der Waals surface area (Å²) in [5, 5.41) is 15.3. The van der Waals surface area contributed by atoms with Crippen molar-refractivity contribution in [3.63, 3.8) is 0 Å². The molecule has 0 spiro atoms. The Bertz CT molecular complexity index is 422. The second-order valence-corrected chi connectivity index (χ2v) is 4.74. The molecular formula is C13H19N3O2. The fraction of sp³-hybridized carbons (Fsp3) is 0.538. The van der Waals surface area contributed by atoms with Gasteiger partial charge in [-0.3, -0.25) is 4.98 Å². The number of aromatic nitrogens is 1. The average Bonchev–Trinajstić information content (AvgIpc) is 2.32. The van der Waals surface area contributed by atoms with Crippen LogP contribution in [0.25, 0.3) is 0 Å². The molecular weight excluding hydrogens is 230 g/mol. The predicted molar refractivity (Wildman–Crippen MR) is 69.4 cm³/mol. The molecule has 1 aliphatic carbocycles. The average molecular weight is 249 g/mol. The highest BCUT2D eigenvalue weighted by Gasteiger charge is 2.24. The highest BCUT2D eigenvalue weighted by atomic mass is 16.3. The lowest BCUT2D eigenvalue weighted by molar-refractivity contribution is 0.0955. The third-order valence-corrected chi connectivity index (χ3v) is 3.20. The number of aryl methyl sites for hydroxylation is 1. The second-order valence-electron chi connectivity index (χ2n) is 4.74. The van der Waals surface area contributed by atoms with E-state index in [1.807, 2.05) is 6.92 Å². The lowest BCUT2D eigenvalue weighted by Crippen LogP contribution is -2.46. The lowest BCUT2D eigenvalue weighted by Gasteiger charge is -2.28. The summed E-state index contributed by atoms with van der Waals surface area (Å²) in [6.07, 6.45) is 4.91. The Morgan fingerprint density at radius 2 is 2.22 bits per heavy atom. The van der Waals surface area contributed by atoms with E-state index >= 15 is 0 Å². The SMILES string of the molecule is Cc1cc(NC(=O)NC2CCCCC2O)ccn1. The van der Waals surface area contributed by atoms with Gasteiger partial charge in [0.2, 0.25) is 0 Å². The molecule has 1 fully saturated rings. The Labute approximate surface area is 107 Å². The summed E-state index contributed by atoms with van der Waals surface area (Å²) in [7, 11) is 0. The van der Waals surface area contributed by atoms with Gasteiger partial charge in [0, 0.05) is 17.6 Å². The largest absolute Gasteiger partial charge is 0.391 e. The van der Waals surface area contributed by atoms with E-state index in [-0.39, 0.29) is 12.1 Å². The van der Waals surface area contributed by atoms with Crippen LogP contribution in [0.2, 0.25) is 0 Å². The van der Waals surface area contributed by atoms with E-state index in [1.165, 1.54) is 0 Å². The van der Waals surface area contributed by atoms with Gasteiger partial charge in [0.25, 0.3) is 0 Å². The zero-order chi connectivity index (χ0) is 13.0. The van der Waals surface area contributed by atoms with Gasteiger partial charge in [-0.1, -0.05) is 12.8 Å². The maximum absolute atomic E-state index is 11.8. The molecule has 1 aliphatic rings. The van der Waals surface area contributed by atoms with Crippen molar-refractivity contribution >= 4 is 11.7 Å². The zero-order valence-electron chi connectivity index (χ0n) is 10.5. The van der Waals surface area contributed by atoms with Crippen LogP contribution in [0.5, 0.6) is 0 Å². The molecule has 2 rings (SSSR count). The lowest BCUT2D eigenvalue weighted by atomic mass is 9.93. The minimum Gasteiger partial charge on any atom is -0.391 e. The van der Waals surface area contributed by atoms with Gasteiger partial charge in [0.15, 0.2) is 0 Å². The van der Waals surface area contributed by atoms with Crippen LogP contribution in [0.4, 0.5) is 10.5 Å². The number of hydrogen-bond donors (Lipinski definition) is 3. The number of amides is 2. The molecule has 2 atom stereocenters. The van der Waals surface area contributed by atoms with Crippen molar-refractivity contribution in [3.05, 3.63) is 24.0 Å². The molecule has 2 amide bonds. The van der Waals surface area contributed by atoms with Crippen LogP contribution in [-0.4, -0.2) is 28.3 Å². The van der Waals surface area contributed by atoms with Gasteiger partial charge < -0.3 is 15.7 Å². The van der Waals surface area contributed by atoms with Gasteiger partial charge in [-0.05, 0) is 31.9 Å². The predicted octanol–water partition coefficient (Wildman–Crippen LogP) is 1.82. The van der Waals surface area contributed by atoms with Gasteiger partial charge in [-0.25, -0.2) is 4.79 Å². The smallest absolute Gasteiger partial charge is 0.319 e. The molecule has 0 aliphatic heterocycles. The van der Waals surface area contributed by atoms with Crippen molar-refractivity contribution in [2.75, 3.05) is 5.32 Å². The summed E-state index contributed by atoms with van der Waals surface area (Å²) >= 11 is 0. The van der Waals surface area contributed by atoms with E-state index in [2.05, 4.69) is 15.6 Å². The van der Waals surface area contributed by atoms with Gasteiger partial charge in [-0.15, -0.1) is 0 Å². The first-order valence-corrected chi connectivity index (χ1v) is 6.33. The topological polar surface area (TPSA) is 74.2 Å². The molecule has 1 aromatic heterocycles. The Morgan fingerprint density at radius 1 is 1.44 bits per heavy atom. The number of aliphatic hydroxyl groups is 1. The number of anilines is 1. The van der Waals surface area contributed by atoms with Crippen LogP contribution in [0.3, 0.4) is 0 Å². The maximum atomic E-state index is 11.8. The number of pyridine rings is 1. The van der Waals surface area contributed by atoms with Crippen molar-refractivity contribution in [1.29, 1.82) is 0 Å². The van der Waals surface area contributed by atoms with E-state index in [1.54, 1.807) is 18.3 Å². The molecule has 5 heteroatoms. The third kappa shape index (κ3) is 3.43. The van der Waals surface area contributed by atoms with Crippen molar-refractivity contribution in [2.45, 2.75) is 44.8 Å². The number of urea groups is 1. The van der Waals surface area contributed by atoms with Crippen molar-refractivity contribution in [1.82, 2.24) is 10.3 Å². The number of hydrogen-bond acceptors (Lipinski definition) is 3. The first-order chi connectivity index (χ1) is 8.65. The molecule has 0 bridgehead atoms. The normalized spacial score (nSPS) is 23.4. The highest BCUT2D eigenvalue weighted by molar-refractivity contribution is 5.89. The summed E-state index contributed by atoms with van der Waals surface area (Å²) in [6, 6.07) is 3.13. The molecule has 0 aromatic carbocycles. The van der Waals surface area contributed by atoms with E-state index in [4.69, 9.17) is 0 Å². The van der Waals surface area contributed by atoms with Gasteiger partial charge in [0.1, 0.15) is 0 Å². The van der Waals surface area contributed by atoms with E-state index in [0.29, 0.717) is 5.69 Å². The summed E-state index contributed by atoms with van der Waals surface area (Å²) in [5.74, 6) is 0. The molecule has 18 heavy (non-hydrogen) atoms. The minimum atomic E-state index is -0.427. The first kappa shape index (κ1) is 12.8. The van der Waals surface area contributed by atoms with Crippen LogP contribution in [0.15, 0.2) is 18.3 Å². The van der Waals surface area contributed by atoms with E-state index in [0.717, 1.165) is 31.4 Å². The first-order valence-electron chi connectivity index (χ1n) is 6.33. The number of aliphatic hydroxyl groups excluding tert-OH is 1. The second kappa shape index (κ2) is 5.82. The van der Waals surface area contributed by atoms with Crippen LogP contribution in [0, 0.1) is 6.92 Å². The molecule has 5 nitrogen and oxygen atoms in total. The molecule has 1 heterocycles. The Morgan fingerprint density at radius 3 is 2.94 bits per heavy atom.